The number of halogens is 3. The van der Waals surface area contributed by atoms with E-state index in [1.807, 2.05) is 59.5 Å². The molecule has 21 heteroatoms. The zero-order valence-electron chi connectivity index (χ0n) is 50.5. The molecule has 0 fully saturated rings. The molecule has 0 radical (unpaired) electrons. The molecule has 0 aliphatic heterocycles. The van der Waals surface area contributed by atoms with Gasteiger partial charge in [-0.1, -0.05) is 91.0 Å². The van der Waals surface area contributed by atoms with Crippen molar-refractivity contribution in [1.82, 2.24) is 24.9 Å². The van der Waals surface area contributed by atoms with Gasteiger partial charge in [-0.3, -0.25) is 44.0 Å². The lowest BCUT2D eigenvalue weighted by Gasteiger charge is -2.37. The number of nitrogens with one attached hydrogen (secondary N) is 1. The van der Waals surface area contributed by atoms with Crippen LogP contribution in [0.25, 0.3) is 0 Å². The predicted octanol–water partition coefficient (Wildman–Crippen LogP) is 7.30. The number of rotatable bonds is 36. The third kappa shape index (κ3) is 29.6. The fraction of sp³-hybridized carbons (Fsp3) is 0.623. The first-order chi connectivity index (χ1) is 38.3. The molecule has 0 aromatic heterocycles. The van der Waals surface area contributed by atoms with Gasteiger partial charge in [-0.2, -0.15) is 13.2 Å². The summed E-state index contributed by atoms with van der Waals surface area (Å²) < 4.78 is 86.8. The van der Waals surface area contributed by atoms with Gasteiger partial charge in [0, 0.05) is 52.4 Å². The van der Waals surface area contributed by atoms with Crippen LogP contribution in [0.3, 0.4) is 0 Å². The number of amides is 1. The molecule has 0 aliphatic rings. The van der Waals surface area contributed by atoms with Crippen molar-refractivity contribution in [2.45, 2.75) is 117 Å². The molecule has 0 aliphatic carbocycles. The Balaban J connectivity index is 1.57. The molecule has 3 aromatic carbocycles. The fourth-order valence-corrected chi connectivity index (χ4v) is 8.40. The number of benzene rings is 3. The highest BCUT2D eigenvalue weighted by Gasteiger charge is 2.43. The summed E-state index contributed by atoms with van der Waals surface area (Å²) in [5.74, 6) is -5.04. The van der Waals surface area contributed by atoms with Crippen LogP contribution < -0.4 is 5.32 Å². The molecule has 460 valence electrons. The summed E-state index contributed by atoms with van der Waals surface area (Å²) in [6, 6.07) is 31.1. The topological polar surface area (TPSA) is 184 Å². The maximum Gasteiger partial charge on any atom is 0.471 e. The van der Waals surface area contributed by atoms with Crippen molar-refractivity contribution in [3.05, 3.63) is 108 Å². The molecule has 0 spiro atoms. The average Bonchev–Trinajstić information content (AvgIpc) is 3.47. The van der Waals surface area contributed by atoms with Crippen LogP contribution in [0.5, 0.6) is 0 Å². The Bertz CT molecular complexity index is 2240. The highest BCUT2D eigenvalue weighted by Crippen LogP contribution is 2.36. The van der Waals surface area contributed by atoms with Crippen LogP contribution in [-0.4, -0.2) is 209 Å². The normalized spacial score (nSPS) is 12.7. The molecule has 82 heavy (non-hydrogen) atoms. The Hall–Kier alpha value is -5.52. The first-order valence-corrected chi connectivity index (χ1v) is 28.0. The van der Waals surface area contributed by atoms with Gasteiger partial charge in [-0.15, -0.1) is 0 Å². The first-order valence-electron chi connectivity index (χ1n) is 28.0. The lowest BCUT2D eigenvalue weighted by molar-refractivity contribution is -0.188. The van der Waals surface area contributed by atoms with E-state index in [9.17, 15) is 37.1 Å². The Kier molecular flexibility index (Phi) is 29.6. The molecule has 0 unspecified atom stereocenters. The summed E-state index contributed by atoms with van der Waals surface area (Å²) in [5, 5.41) is 3.81. The zero-order chi connectivity index (χ0) is 61.0. The molecule has 1 N–H and O–H groups in total. The van der Waals surface area contributed by atoms with Gasteiger partial charge in [0.25, 0.3) is 0 Å². The van der Waals surface area contributed by atoms with Crippen molar-refractivity contribution in [3.8, 4) is 0 Å². The minimum Gasteiger partial charge on any atom is -0.459 e. The Morgan fingerprint density at radius 1 is 0.378 bits per heavy atom. The fourth-order valence-electron chi connectivity index (χ4n) is 8.40. The van der Waals surface area contributed by atoms with Gasteiger partial charge in [-0.25, -0.2) is 0 Å². The van der Waals surface area contributed by atoms with Crippen LogP contribution in [0, 0.1) is 0 Å². The number of esters is 4. The number of hydrogen-bond donors (Lipinski definition) is 1. The molecule has 3 aromatic rings. The molecule has 0 bridgehead atoms. The summed E-state index contributed by atoms with van der Waals surface area (Å²) in [7, 11) is 0. The van der Waals surface area contributed by atoms with E-state index in [0.717, 1.165) is 16.7 Å². The summed E-state index contributed by atoms with van der Waals surface area (Å²) in [4.78, 5) is 70.2. The van der Waals surface area contributed by atoms with Crippen LogP contribution >= 0.6 is 0 Å². The summed E-state index contributed by atoms with van der Waals surface area (Å²) in [6.07, 6.45) is -5.30. The summed E-state index contributed by atoms with van der Waals surface area (Å²) in [5.41, 5.74) is -0.747. The molecular formula is C61H92F3N5O13. The lowest BCUT2D eigenvalue weighted by Crippen LogP contribution is -2.50. The van der Waals surface area contributed by atoms with E-state index >= 15 is 0 Å². The van der Waals surface area contributed by atoms with Gasteiger partial charge in [0.05, 0.1) is 78.0 Å². The van der Waals surface area contributed by atoms with Crippen LogP contribution in [-0.2, 0) is 67.4 Å². The van der Waals surface area contributed by atoms with Gasteiger partial charge in [0.15, 0.2) is 0 Å². The standard InChI is InChI=1S/C61H92F3N5O13/c1-56(2,3)79-51(70)44-66(29-30-67(45-52(71)80-57(4,5)6)33-34-69(55(74)61(62,63)64)47-54(73)82-59(10,11)12)31-32-68(46-53(72)81-58(7,8)9)35-37-76-39-41-78-43-42-77-40-38-75-36-28-65-60(48-22-16-13-17-23-48,49-24-18-14-19-25-49)50-26-20-15-21-27-50/h13-27,65H,28-47H2,1-12H3. The number of alkyl halides is 3. The minimum absolute atomic E-state index is 0.00449. The molecular weight excluding hydrogens is 1070 g/mol. The molecule has 0 heterocycles. The van der Waals surface area contributed by atoms with Gasteiger partial charge in [0.1, 0.15) is 28.9 Å². The maximum atomic E-state index is 13.8. The van der Waals surface area contributed by atoms with Crippen molar-refractivity contribution >= 4 is 29.8 Å². The number of nitrogens with zero attached hydrogens (tertiary/aromatic N) is 4. The molecule has 1 amide bonds. The molecule has 0 saturated carbocycles. The Labute approximate surface area is 484 Å². The first kappa shape index (κ1) is 70.7. The lowest BCUT2D eigenvalue weighted by atomic mass is 9.77. The van der Waals surface area contributed by atoms with E-state index in [2.05, 4.69) is 41.7 Å². The van der Waals surface area contributed by atoms with Crippen molar-refractivity contribution < 1.29 is 75.0 Å². The Morgan fingerprint density at radius 3 is 0.976 bits per heavy atom. The summed E-state index contributed by atoms with van der Waals surface area (Å²) >= 11 is 0. The van der Waals surface area contributed by atoms with Crippen LogP contribution in [0.2, 0.25) is 0 Å². The second-order valence-electron chi connectivity index (χ2n) is 23.6. The van der Waals surface area contributed by atoms with Crippen molar-refractivity contribution in [2.75, 3.05) is 131 Å². The van der Waals surface area contributed by atoms with Crippen molar-refractivity contribution in [2.24, 2.45) is 0 Å². The van der Waals surface area contributed by atoms with Crippen LogP contribution in [0.4, 0.5) is 13.2 Å². The van der Waals surface area contributed by atoms with Crippen molar-refractivity contribution in [3.63, 3.8) is 0 Å². The van der Waals surface area contributed by atoms with Gasteiger partial charge < -0.3 is 42.8 Å². The second kappa shape index (κ2) is 34.3. The van der Waals surface area contributed by atoms with E-state index in [0.29, 0.717) is 44.5 Å². The average molecular weight is 1160 g/mol. The van der Waals surface area contributed by atoms with Crippen LogP contribution in [0.15, 0.2) is 91.0 Å². The summed E-state index contributed by atoms with van der Waals surface area (Å²) in [6.45, 7) is 21.5. The monoisotopic (exact) mass is 1160 g/mol. The van der Waals surface area contributed by atoms with Crippen LogP contribution in [0.1, 0.15) is 99.8 Å². The number of ether oxygens (including phenoxy) is 8. The number of carbonyl (C=O) groups excluding carboxylic acids is 5. The van der Waals surface area contributed by atoms with E-state index in [4.69, 9.17) is 37.9 Å². The minimum atomic E-state index is -5.30. The third-order valence-electron chi connectivity index (χ3n) is 11.7. The molecule has 3 rings (SSSR count). The highest BCUT2D eigenvalue weighted by atomic mass is 19.4. The van der Waals surface area contributed by atoms with E-state index in [1.54, 1.807) is 88.0 Å². The SMILES string of the molecule is CC(C)(C)OC(=O)CN(CCOCCOCCOCCOCCNC(c1ccccc1)(c1ccccc1)c1ccccc1)CCN(CCN(CCN(CC(=O)OC(C)(C)C)C(=O)C(F)(F)F)CC(=O)OC(C)(C)C)CC(=O)OC(C)(C)C. The number of hydrogen-bond acceptors (Lipinski definition) is 17. The van der Waals surface area contributed by atoms with Gasteiger partial charge in [0.2, 0.25) is 0 Å². The van der Waals surface area contributed by atoms with Gasteiger partial charge in [-0.05, 0) is 99.8 Å². The van der Waals surface area contributed by atoms with E-state index in [1.165, 1.54) is 4.90 Å². The quantitative estimate of drug-likeness (QED) is 0.0265. The number of carbonyl (C=O) groups is 5. The maximum absolute atomic E-state index is 13.8. The molecule has 18 nitrogen and oxygen atoms in total. The van der Waals surface area contributed by atoms with Crippen molar-refractivity contribution in [1.29, 1.82) is 0 Å². The smallest absolute Gasteiger partial charge is 0.459 e. The third-order valence-corrected chi connectivity index (χ3v) is 11.7. The largest absolute Gasteiger partial charge is 0.471 e. The Morgan fingerprint density at radius 2 is 0.659 bits per heavy atom. The van der Waals surface area contributed by atoms with Gasteiger partial charge >= 0.3 is 36.0 Å². The second-order valence-corrected chi connectivity index (χ2v) is 23.6. The molecule has 0 saturated heterocycles. The zero-order valence-corrected chi connectivity index (χ0v) is 50.5. The highest BCUT2D eigenvalue weighted by molar-refractivity contribution is 5.86. The van der Waals surface area contributed by atoms with E-state index in [-0.39, 0.29) is 72.2 Å². The van der Waals surface area contributed by atoms with E-state index < -0.39 is 83.5 Å². The predicted molar refractivity (Wildman–Crippen MR) is 306 cm³/mol. The molecule has 0 atom stereocenters.